The number of carbonyl (C=O) groups excluding carboxylic acids is 9. The van der Waals surface area contributed by atoms with Crippen molar-refractivity contribution in [1.29, 1.82) is 0 Å². The molecule has 0 saturated heterocycles. The molecule has 0 radical (unpaired) electrons. The van der Waals surface area contributed by atoms with Crippen molar-refractivity contribution in [2.75, 3.05) is 42.1 Å². The van der Waals surface area contributed by atoms with Crippen LogP contribution < -0.4 is 88.4 Å². The Kier molecular flexibility index (Phi) is 43.8. The standard InChI is InChI=1S/C16H19N9O.C16H24N2O4.C14H13N7O.C11H14N2O3.C11H16N2O2.C8H18N2O2.C3H8N2O/c1-10(8-17)22-16-19-9-13(14(18)26)15(24-16)23-11-3-2-4-12(7-11)25-20-5-6-21-25;1-12(10-17-14(19)22-16(2,3)4)18-15(20)21-11-13-8-6-5-7-9-13;1-9-16-8-12(13(15)22)14(19-9)20-10-3-2-4-11(7-10)21-17-5-6-18-21;1-8(10(12)14)13-11(15)16-7-9-5-3-2-4-6-9;1-9(7-12)13-11(14)15-8-10-5-3-2-4-6-10;1-6(9)5-10-7(11)12-8(2,3)4;1-2(4)3(5)6/h2-7,9-10H,8,17H2,1H3,(H2,18,26)(H2,19,22,23,24);5-9,12H,10-11H2,1-4H3,(H,17,19)(H,18,20);2-8H,1H3,(H2,15,22)(H,16,19,20);2-6,8H,7H2,1H3,(H2,12,14)(H,13,15);2-6,9H,7-8,12H2,1H3,(H,13,14);6H,5,9H2,1-4H3,(H,10,11);2H,4H2,1H3,(H2,5,6)/t10-;12-;;8-;9-;6-;2-/m11.1111/s1. The van der Waals surface area contributed by atoms with E-state index in [2.05, 4.69) is 88.6 Å². The van der Waals surface area contributed by atoms with Crippen molar-refractivity contribution in [2.24, 2.45) is 45.9 Å². The lowest BCUT2D eigenvalue weighted by atomic mass is 10.2. The second kappa shape index (κ2) is 52.5. The van der Waals surface area contributed by atoms with Gasteiger partial charge >= 0.3 is 30.5 Å². The summed E-state index contributed by atoms with van der Waals surface area (Å²) in [7, 11) is 0. The van der Waals surface area contributed by atoms with Crippen LogP contribution in [0.1, 0.15) is 126 Å². The third-order valence-electron chi connectivity index (χ3n) is 14.3. The fourth-order valence-corrected chi connectivity index (χ4v) is 8.30. The van der Waals surface area contributed by atoms with Crippen molar-refractivity contribution in [3.05, 3.63) is 210 Å². The van der Waals surface area contributed by atoms with E-state index in [4.69, 9.17) is 63.8 Å². The van der Waals surface area contributed by atoms with Gasteiger partial charge in [-0.2, -0.15) is 35.0 Å². The molecule has 5 aromatic carbocycles. The molecule has 9 amide bonds. The van der Waals surface area contributed by atoms with Crippen LogP contribution >= 0.6 is 0 Å². The molecule has 9 rings (SSSR count). The van der Waals surface area contributed by atoms with E-state index in [1.165, 1.54) is 28.9 Å². The van der Waals surface area contributed by atoms with Gasteiger partial charge in [0.2, 0.25) is 17.8 Å². The van der Waals surface area contributed by atoms with Crippen molar-refractivity contribution in [3.63, 3.8) is 0 Å². The molecule has 4 heterocycles. The Morgan fingerprint density at radius 3 is 1.18 bits per heavy atom. The second-order valence-electron chi connectivity index (χ2n) is 27.8. The number of amides is 9. The van der Waals surface area contributed by atoms with Crippen molar-refractivity contribution < 1.29 is 66.8 Å². The topological polar surface area (TPSA) is 617 Å². The maximum Gasteiger partial charge on any atom is 0.408 e. The first-order chi connectivity index (χ1) is 56.2. The molecular weight excluding hydrogens is 1540 g/mol. The molecule has 0 aliphatic rings. The molecule has 40 nitrogen and oxygen atoms in total. The predicted octanol–water partition coefficient (Wildman–Crippen LogP) is 6.42. The van der Waals surface area contributed by atoms with Crippen LogP contribution in [0.25, 0.3) is 11.4 Å². The summed E-state index contributed by atoms with van der Waals surface area (Å²) in [4.78, 5) is 120. The van der Waals surface area contributed by atoms with Gasteiger partial charge in [-0.25, -0.2) is 38.9 Å². The molecular formula is C79H112N26O14. The van der Waals surface area contributed by atoms with Gasteiger partial charge in [0.15, 0.2) is 0 Å². The average molecular weight is 1650 g/mol. The van der Waals surface area contributed by atoms with Gasteiger partial charge in [0, 0.05) is 74.1 Å². The molecule has 0 bridgehead atoms. The van der Waals surface area contributed by atoms with Crippen LogP contribution in [0, 0.1) is 6.92 Å². The number of rotatable bonds is 27. The molecule has 0 aliphatic heterocycles. The van der Waals surface area contributed by atoms with Gasteiger partial charge in [-0.1, -0.05) is 103 Å². The zero-order chi connectivity index (χ0) is 88.6. The smallest absolute Gasteiger partial charge is 0.408 e. The van der Waals surface area contributed by atoms with Crippen LogP contribution in [0.5, 0.6) is 0 Å². The Morgan fingerprint density at radius 1 is 0.445 bits per heavy atom. The van der Waals surface area contributed by atoms with E-state index in [1.807, 2.05) is 181 Å². The lowest BCUT2D eigenvalue weighted by Gasteiger charge is -2.21. The molecule has 24 N–H and O–H groups in total. The van der Waals surface area contributed by atoms with Gasteiger partial charge < -0.3 is 112 Å². The normalized spacial score (nSPS) is 11.9. The Balaban J connectivity index is 0.000000370. The fraction of sp³-hybridized carbons (Fsp3) is 0.354. The molecule has 119 heavy (non-hydrogen) atoms. The Morgan fingerprint density at radius 2 is 0.815 bits per heavy atom. The van der Waals surface area contributed by atoms with E-state index in [9.17, 15) is 43.2 Å². The lowest BCUT2D eigenvalue weighted by molar-refractivity contribution is -0.120. The van der Waals surface area contributed by atoms with Gasteiger partial charge in [-0.15, -0.1) is 0 Å². The van der Waals surface area contributed by atoms with E-state index in [0.717, 1.165) is 33.8 Å². The fourth-order valence-electron chi connectivity index (χ4n) is 8.30. The highest BCUT2D eigenvalue weighted by molar-refractivity contribution is 5.98. The predicted molar refractivity (Wildman–Crippen MR) is 448 cm³/mol. The number of benzene rings is 5. The summed E-state index contributed by atoms with van der Waals surface area (Å²) < 4.78 is 25.1. The number of ether oxygens (including phenoxy) is 5. The third kappa shape index (κ3) is 43.9. The van der Waals surface area contributed by atoms with E-state index in [-0.39, 0.29) is 61.7 Å². The Bertz CT molecular complexity index is 4540. The first-order valence-electron chi connectivity index (χ1n) is 37.1. The number of carbonyl (C=O) groups is 9. The van der Waals surface area contributed by atoms with Crippen molar-refractivity contribution >= 4 is 83.1 Å². The molecule has 0 fully saturated rings. The molecule has 6 atom stereocenters. The van der Waals surface area contributed by atoms with Gasteiger partial charge in [-0.3, -0.25) is 19.2 Å². The van der Waals surface area contributed by atoms with Gasteiger partial charge in [-0.05, 0) is 143 Å². The van der Waals surface area contributed by atoms with E-state index >= 15 is 0 Å². The van der Waals surface area contributed by atoms with E-state index in [1.54, 1.807) is 66.3 Å². The highest BCUT2D eigenvalue weighted by Gasteiger charge is 2.20. The number of alkyl carbamates (subject to hydrolysis) is 5. The number of anilines is 5. The summed E-state index contributed by atoms with van der Waals surface area (Å²) >= 11 is 0. The summed E-state index contributed by atoms with van der Waals surface area (Å²) in [5, 5.41) is 38.3. The molecule has 9 aromatic rings. The monoisotopic (exact) mass is 1650 g/mol. The summed E-state index contributed by atoms with van der Waals surface area (Å²) in [6.07, 6.45) is 6.61. The molecule has 642 valence electrons. The summed E-state index contributed by atoms with van der Waals surface area (Å²) in [5.74, 6) is -0.733. The molecule has 40 heteroatoms. The molecule has 0 spiro atoms. The summed E-state index contributed by atoms with van der Waals surface area (Å²) in [5.41, 5.74) is 46.9. The van der Waals surface area contributed by atoms with E-state index < -0.39 is 77.4 Å². The average Bonchev–Trinajstić information content (AvgIpc) is 1.61. The van der Waals surface area contributed by atoms with Crippen LogP contribution in [0.2, 0.25) is 0 Å². The number of hydrogen-bond acceptors (Lipinski definition) is 29. The highest BCUT2D eigenvalue weighted by Crippen LogP contribution is 2.23. The number of nitrogens with zero attached hydrogens (tertiary/aromatic N) is 10. The third-order valence-corrected chi connectivity index (χ3v) is 14.3. The lowest BCUT2D eigenvalue weighted by Crippen LogP contribution is -2.43. The minimum Gasteiger partial charge on any atom is -0.445 e. The number of nitrogens with two attached hydrogens (primary N) is 8. The largest absolute Gasteiger partial charge is 0.445 e. The van der Waals surface area contributed by atoms with Crippen molar-refractivity contribution in [3.8, 4) is 11.4 Å². The number of aryl methyl sites for hydroxylation is 1. The number of hydrogen-bond donors (Lipinski definition) is 16. The Labute approximate surface area is 690 Å². The molecule has 0 unspecified atom stereocenters. The van der Waals surface area contributed by atoms with Gasteiger partial charge in [0.1, 0.15) is 65.7 Å². The van der Waals surface area contributed by atoms with Gasteiger partial charge in [0.25, 0.3) is 11.8 Å². The molecule has 0 saturated carbocycles. The van der Waals surface area contributed by atoms with Crippen LogP contribution in [0.3, 0.4) is 0 Å². The van der Waals surface area contributed by atoms with Gasteiger partial charge in [0.05, 0.1) is 42.2 Å². The zero-order valence-electron chi connectivity index (χ0n) is 69.0. The maximum atomic E-state index is 11.7. The summed E-state index contributed by atoms with van der Waals surface area (Å²) in [6.45, 7) is 25.1. The highest BCUT2D eigenvalue weighted by atomic mass is 16.6. The van der Waals surface area contributed by atoms with E-state index in [0.29, 0.717) is 48.7 Å². The number of primary amides is 4. The minimum absolute atomic E-state index is 0.0171. The number of nitrogens with one attached hydrogen (secondary N) is 8. The van der Waals surface area contributed by atoms with Crippen LogP contribution in [-0.2, 0) is 53.1 Å². The second-order valence-corrected chi connectivity index (χ2v) is 27.8. The quantitative estimate of drug-likeness (QED) is 0.0247. The SMILES string of the molecule is C[C@@H](N)C(N)=O.C[C@@H](N)CNC(=O)OC(C)(C)C.C[C@@H](NC(=O)OCc1ccccc1)C(N)=O.C[C@H](CN)NC(=O)OCc1ccccc1.C[C@H](CN)Nc1ncc(C(N)=O)c(Nc2cccc(-n3nccn3)c2)n1.C[C@H](CNC(=O)OC(C)(C)C)NC(=O)OCc1ccccc1.Cc1ncc(C(N)=O)c(Nc2cccc(-n3nccn3)c2)n1. The zero-order valence-corrected chi connectivity index (χ0v) is 69.0. The summed E-state index contributed by atoms with van der Waals surface area (Å²) in [6, 6.07) is 41.3. The first kappa shape index (κ1) is 99.2. The van der Waals surface area contributed by atoms with Crippen molar-refractivity contribution in [1.82, 2.24) is 76.5 Å². The Hall–Kier alpha value is -14.0. The molecule has 4 aromatic heterocycles. The molecule has 0 aliphatic carbocycles. The van der Waals surface area contributed by atoms with Crippen molar-refractivity contribution in [2.45, 2.75) is 157 Å². The van der Waals surface area contributed by atoms with Crippen LogP contribution in [-0.4, -0.2) is 178 Å². The maximum absolute atomic E-state index is 11.7. The van der Waals surface area contributed by atoms with Crippen LogP contribution in [0.15, 0.2) is 177 Å². The minimum atomic E-state index is -0.733. The number of aromatic nitrogens is 10. The van der Waals surface area contributed by atoms with Crippen LogP contribution in [0.4, 0.5) is 52.9 Å². The first-order valence-corrected chi connectivity index (χ1v) is 37.1.